The average molecular weight is 366 g/mol. The molecule has 1 heterocycles. The van der Waals surface area contributed by atoms with E-state index in [0.717, 1.165) is 23.0 Å². The molecular weight excluding hydrogens is 348 g/mol. The Labute approximate surface area is 156 Å². The fraction of sp³-hybridized carbons (Fsp3) is 0.222. The molecule has 0 radical (unpaired) electrons. The van der Waals surface area contributed by atoms with E-state index < -0.39 is 0 Å². The van der Waals surface area contributed by atoms with Gasteiger partial charge in [0.2, 0.25) is 5.91 Å². The Morgan fingerprint density at radius 3 is 2.46 bits per heavy atom. The zero-order valence-corrected chi connectivity index (χ0v) is 15.3. The van der Waals surface area contributed by atoms with Gasteiger partial charge in [0.05, 0.1) is 16.9 Å². The quantitative estimate of drug-likeness (QED) is 0.749. The number of amides is 1. The topological polar surface area (TPSA) is 119 Å². The number of hydrogen-bond donors (Lipinski definition) is 2. The van der Waals surface area contributed by atoms with Crippen LogP contribution in [0.3, 0.4) is 0 Å². The molecule has 3 N–H and O–H groups in total. The molecule has 2 aromatic rings. The van der Waals surface area contributed by atoms with Gasteiger partial charge in [-0.05, 0) is 23.8 Å². The molecule has 0 saturated carbocycles. The van der Waals surface area contributed by atoms with Crippen LogP contribution < -0.4 is 16.0 Å². The van der Waals surface area contributed by atoms with Crippen molar-refractivity contribution in [3.8, 4) is 12.1 Å². The lowest BCUT2D eigenvalue weighted by Crippen LogP contribution is -2.24. The van der Waals surface area contributed by atoms with Crippen molar-refractivity contribution in [1.82, 2.24) is 10.3 Å². The highest BCUT2D eigenvalue weighted by atomic mass is 32.2. The van der Waals surface area contributed by atoms with E-state index in [4.69, 9.17) is 16.3 Å². The Bertz CT molecular complexity index is 880. The SMILES string of the molecule is CN(C)c1ccc(CNC(=O)CSc2nc(N)c(C#N)cc2C#N)cc1. The van der Waals surface area contributed by atoms with E-state index in [9.17, 15) is 4.79 Å². The minimum Gasteiger partial charge on any atom is -0.383 e. The predicted molar refractivity (Wildman–Crippen MR) is 101 cm³/mol. The van der Waals surface area contributed by atoms with Crippen LogP contribution in [0.25, 0.3) is 0 Å². The van der Waals surface area contributed by atoms with Crippen molar-refractivity contribution in [3.05, 3.63) is 47.0 Å². The second-order valence-corrected chi connectivity index (χ2v) is 6.59. The van der Waals surface area contributed by atoms with E-state index >= 15 is 0 Å². The van der Waals surface area contributed by atoms with E-state index in [1.54, 1.807) is 0 Å². The zero-order chi connectivity index (χ0) is 19.1. The molecule has 0 unspecified atom stereocenters. The molecule has 0 aliphatic heterocycles. The van der Waals surface area contributed by atoms with Crippen molar-refractivity contribution in [2.24, 2.45) is 0 Å². The van der Waals surface area contributed by atoms with Gasteiger partial charge in [-0.3, -0.25) is 4.79 Å². The highest BCUT2D eigenvalue weighted by Crippen LogP contribution is 2.23. The lowest BCUT2D eigenvalue weighted by molar-refractivity contribution is -0.118. The molecule has 1 aromatic carbocycles. The molecule has 0 fully saturated rings. The number of nitrogens with zero attached hydrogens (tertiary/aromatic N) is 4. The first-order chi connectivity index (χ1) is 12.4. The monoisotopic (exact) mass is 366 g/mol. The molecular formula is C18H18N6OS. The minimum atomic E-state index is -0.180. The van der Waals surface area contributed by atoms with E-state index in [1.165, 1.54) is 6.07 Å². The summed E-state index contributed by atoms with van der Waals surface area (Å²) in [7, 11) is 3.93. The molecule has 26 heavy (non-hydrogen) atoms. The van der Waals surface area contributed by atoms with E-state index in [-0.39, 0.29) is 28.6 Å². The smallest absolute Gasteiger partial charge is 0.230 e. The Morgan fingerprint density at radius 2 is 1.88 bits per heavy atom. The maximum absolute atomic E-state index is 12.0. The number of hydrogen-bond acceptors (Lipinski definition) is 7. The molecule has 1 aromatic heterocycles. The van der Waals surface area contributed by atoms with Crippen LogP contribution in [0.15, 0.2) is 35.4 Å². The van der Waals surface area contributed by atoms with Gasteiger partial charge in [0.25, 0.3) is 0 Å². The molecule has 2 rings (SSSR count). The van der Waals surface area contributed by atoms with Crippen LogP contribution in [0.5, 0.6) is 0 Å². The van der Waals surface area contributed by atoms with E-state index in [0.29, 0.717) is 11.6 Å². The number of nitrogens with two attached hydrogens (primary N) is 1. The summed E-state index contributed by atoms with van der Waals surface area (Å²) in [6.45, 7) is 0.418. The molecule has 0 aliphatic rings. The van der Waals surface area contributed by atoms with E-state index in [1.807, 2.05) is 55.4 Å². The van der Waals surface area contributed by atoms with Crippen LogP contribution in [-0.2, 0) is 11.3 Å². The second-order valence-electron chi connectivity index (χ2n) is 5.62. The normalized spacial score (nSPS) is 9.85. The van der Waals surface area contributed by atoms with Gasteiger partial charge in [0, 0.05) is 26.3 Å². The number of aromatic nitrogens is 1. The molecule has 0 atom stereocenters. The van der Waals surface area contributed by atoms with Crippen LogP contribution in [0.4, 0.5) is 11.5 Å². The standard InChI is InChI=1S/C18H18N6OS/c1-24(2)15-5-3-12(4-6-15)10-22-16(25)11-26-18-14(9-20)7-13(8-19)17(21)23-18/h3-7H,10-11H2,1-2H3,(H2,21,23)(H,22,25). The molecule has 7 nitrogen and oxygen atoms in total. The summed E-state index contributed by atoms with van der Waals surface area (Å²) in [5.74, 6) is -0.0290. The second kappa shape index (κ2) is 8.75. The first-order valence-electron chi connectivity index (χ1n) is 7.71. The molecule has 0 bridgehead atoms. The lowest BCUT2D eigenvalue weighted by atomic mass is 10.2. The summed E-state index contributed by atoms with van der Waals surface area (Å²) >= 11 is 1.11. The Morgan fingerprint density at radius 1 is 1.23 bits per heavy atom. The summed E-state index contributed by atoms with van der Waals surface area (Å²) in [5, 5.41) is 21.2. The Balaban J connectivity index is 1.92. The average Bonchev–Trinajstić information content (AvgIpc) is 2.65. The Hall–Kier alpha value is -3.23. The van der Waals surface area contributed by atoms with Gasteiger partial charge in [0.15, 0.2) is 0 Å². The maximum Gasteiger partial charge on any atom is 0.230 e. The van der Waals surface area contributed by atoms with Crippen LogP contribution >= 0.6 is 11.8 Å². The van der Waals surface area contributed by atoms with E-state index in [2.05, 4.69) is 10.3 Å². The van der Waals surface area contributed by atoms with Crippen molar-refractivity contribution in [2.45, 2.75) is 11.6 Å². The van der Waals surface area contributed by atoms with Gasteiger partial charge in [-0.1, -0.05) is 23.9 Å². The zero-order valence-electron chi connectivity index (χ0n) is 14.5. The molecule has 132 valence electrons. The van der Waals surface area contributed by atoms with Gasteiger partial charge >= 0.3 is 0 Å². The van der Waals surface area contributed by atoms with Gasteiger partial charge in [-0.15, -0.1) is 0 Å². The van der Waals surface area contributed by atoms with Crippen LogP contribution in [0.1, 0.15) is 16.7 Å². The summed E-state index contributed by atoms with van der Waals surface area (Å²) < 4.78 is 0. The lowest BCUT2D eigenvalue weighted by Gasteiger charge is -2.13. The fourth-order valence-electron chi connectivity index (χ4n) is 2.09. The van der Waals surface area contributed by atoms with Gasteiger partial charge in [-0.25, -0.2) is 4.98 Å². The fourth-order valence-corrected chi connectivity index (χ4v) is 2.88. The maximum atomic E-state index is 12.0. The highest BCUT2D eigenvalue weighted by Gasteiger charge is 2.12. The molecule has 0 spiro atoms. The van der Waals surface area contributed by atoms with Crippen LogP contribution in [0, 0.1) is 22.7 Å². The Kier molecular flexibility index (Phi) is 6.42. The minimum absolute atomic E-state index is 0.0513. The summed E-state index contributed by atoms with van der Waals surface area (Å²) in [6, 6.07) is 13.1. The van der Waals surface area contributed by atoms with Crippen molar-refractivity contribution < 1.29 is 4.79 Å². The van der Waals surface area contributed by atoms with Gasteiger partial charge < -0.3 is 16.0 Å². The third kappa shape index (κ3) is 4.88. The summed E-state index contributed by atoms with van der Waals surface area (Å²) in [4.78, 5) is 18.1. The number of carbonyl (C=O) groups excluding carboxylic acids is 1. The van der Waals surface area contributed by atoms with Crippen molar-refractivity contribution in [2.75, 3.05) is 30.5 Å². The first-order valence-corrected chi connectivity index (χ1v) is 8.69. The largest absolute Gasteiger partial charge is 0.383 e. The predicted octanol–water partition coefficient (Wildman–Crippen LogP) is 1.88. The number of rotatable bonds is 6. The number of pyridine rings is 1. The molecule has 0 aliphatic carbocycles. The van der Waals surface area contributed by atoms with Gasteiger partial charge in [0.1, 0.15) is 23.0 Å². The number of benzene rings is 1. The number of thioether (sulfide) groups is 1. The molecule has 1 amide bonds. The number of nitriles is 2. The van der Waals surface area contributed by atoms with Crippen molar-refractivity contribution in [3.63, 3.8) is 0 Å². The van der Waals surface area contributed by atoms with Gasteiger partial charge in [-0.2, -0.15) is 10.5 Å². The van der Waals surface area contributed by atoms with Crippen molar-refractivity contribution in [1.29, 1.82) is 10.5 Å². The van der Waals surface area contributed by atoms with Crippen LogP contribution in [-0.4, -0.2) is 30.7 Å². The third-order valence-corrected chi connectivity index (χ3v) is 4.53. The molecule has 0 saturated heterocycles. The highest BCUT2D eigenvalue weighted by molar-refractivity contribution is 8.00. The number of nitrogen functional groups attached to an aromatic ring is 1. The summed E-state index contributed by atoms with van der Waals surface area (Å²) in [5.41, 5.74) is 8.13. The number of nitrogens with one attached hydrogen (secondary N) is 1. The number of carbonyl (C=O) groups is 1. The number of anilines is 2. The molecule has 8 heteroatoms. The first kappa shape index (κ1) is 19.1. The van der Waals surface area contributed by atoms with Crippen molar-refractivity contribution >= 4 is 29.2 Å². The third-order valence-electron chi connectivity index (χ3n) is 3.54. The summed E-state index contributed by atoms with van der Waals surface area (Å²) in [6.07, 6.45) is 0. The van der Waals surface area contributed by atoms with Crippen LogP contribution in [0.2, 0.25) is 0 Å².